The van der Waals surface area contributed by atoms with Crippen molar-refractivity contribution in [2.45, 2.75) is 25.8 Å². The van der Waals surface area contributed by atoms with Gasteiger partial charge < -0.3 is 15.4 Å². The van der Waals surface area contributed by atoms with Gasteiger partial charge in [-0.3, -0.25) is 9.59 Å². The van der Waals surface area contributed by atoms with Gasteiger partial charge in [0.25, 0.3) is 5.91 Å². The molecule has 1 aromatic rings. The maximum Gasteiger partial charge on any atom is 0.329 e. The topological polar surface area (TPSA) is 84.5 Å². The van der Waals surface area contributed by atoms with Crippen LogP contribution in [-0.2, 0) is 19.1 Å². The molecule has 2 amide bonds. The number of anilines is 1. The number of hydrogen-bond acceptors (Lipinski definition) is 4. The molecule has 1 saturated heterocycles. The van der Waals surface area contributed by atoms with E-state index in [-0.39, 0.29) is 12.5 Å². The molecule has 1 heterocycles. The SMILES string of the molecule is Cc1ccccc1NC(=O)COC(=O)[C@H]1CCC(=O)N1. The van der Waals surface area contributed by atoms with E-state index in [4.69, 9.17) is 4.74 Å². The quantitative estimate of drug-likeness (QED) is 0.795. The summed E-state index contributed by atoms with van der Waals surface area (Å²) >= 11 is 0. The average Bonchev–Trinajstić information content (AvgIpc) is 2.85. The van der Waals surface area contributed by atoms with Crippen LogP contribution < -0.4 is 10.6 Å². The molecule has 1 fully saturated rings. The maximum atomic E-state index is 11.7. The summed E-state index contributed by atoms with van der Waals surface area (Å²) in [4.78, 5) is 34.2. The van der Waals surface area contributed by atoms with E-state index in [0.29, 0.717) is 18.5 Å². The number of nitrogens with one attached hydrogen (secondary N) is 2. The Balaban J connectivity index is 1.79. The lowest BCUT2D eigenvalue weighted by molar-refractivity contribution is -0.149. The molecule has 0 spiro atoms. The van der Waals surface area contributed by atoms with Crippen molar-refractivity contribution in [2.24, 2.45) is 0 Å². The van der Waals surface area contributed by atoms with Gasteiger partial charge in [-0.25, -0.2) is 4.79 Å². The van der Waals surface area contributed by atoms with Gasteiger partial charge in [0, 0.05) is 12.1 Å². The van der Waals surface area contributed by atoms with Crippen LogP contribution in [0.3, 0.4) is 0 Å². The third-order valence-electron chi connectivity index (χ3n) is 3.04. The molecule has 0 bridgehead atoms. The van der Waals surface area contributed by atoms with Crippen LogP contribution in [0.15, 0.2) is 24.3 Å². The minimum Gasteiger partial charge on any atom is -0.454 e. The second-order valence-electron chi connectivity index (χ2n) is 4.63. The molecule has 20 heavy (non-hydrogen) atoms. The van der Waals surface area contributed by atoms with E-state index in [1.54, 1.807) is 6.07 Å². The molecule has 6 nitrogen and oxygen atoms in total. The fraction of sp³-hybridized carbons (Fsp3) is 0.357. The summed E-state index contributed by atoms with van der Waals surface area (Å²) in [5.74, 6) is -1.15. The molecule has 0 aliphatic carbocycles. The third-order valence-corrected chi connectivity index (χ3v) is 3.04. The lowest BCUT2D eigenvalue weighted by Gasteiger charge is -2.11. The molecule has 1 aliphatic heterocycles. The summed E-state index contributed by atoms with van der Waals surface area (Å²) in [6.07, 6.45) is 0.728. The van der Waals surface area contributed by atoms with E-state index in [1.807, 2.05) is 25.1 Å². The first kappa shape index (κ1) is 14.0. The number of hydrogen-bond donors (Lipinski definition) is 2. The van der Waals surface area contributed by atoms with E-state index in [2.05, 4.69) is 10.6 Å². The van der Waals surface area contributed by atoms with Gasteiger partial charge in [-0.05, 0) is 25.0 Å². The van der Waals surface area contributed by atoms with Crippen molar-refractivity contribution in [3.05, 3.63) is 29.8 Å². The Morgan fingerprint density at radius 3 is 2.80 bits per heavy atom. The molecular formula is C14H16N2O4. The van der Waals surface area contributed by atoms with Gasteiger partial charge in [0.05, 0.1) is 0 Å². The zero-order valence-corrected chi connectivity index (χ0v) is 11.1. The normalized spacial score (nSPS) is 17.4. The molecule has 6 heteroatoms. The van der Waals surface area contributed by atoms with Crippen LogP contribution in [0.2, 0.25) is 0 Å². The summed E-state index contributed by atoms with van der Waals surface area (Å²) in [6.45, 7) is 1.51. The number of benzene rings is 1. The zero-order chi connectivity index (χ0) is 14.5. The molecule has 1 atom stereocenters. The first-order valence-corrected chi connectivity index (χ1v) is 6.38. The van der Waals surface area contributed by atoms with Gasteiger partial charge >= 0.3 is 5.97 Å². The van der Waals surface area contributed by atoms with Crippen molar-refractivity contribution < 1.29 is 19.1 Å². The van der Waals surface area contributed by atoms with Gasteiger partial charge in [0.2, 0.25) is 5.91 Å². The lowest BCUT2D eigenvalue weighted by Crippen LogP contribution is -2.36. The highest BCUT2D eigenvalue weighted by Gasteiger charge is 2.28. The van der Waals surface area contributed by atoms with Crippen LogP contribution in [0.1, 0.15) is 18.4 Å². The van der Waals surface area contributed by atoms with E-state index in [0.717, 1.165) is 5.56 Å². The number of rotatable bonds is 4. The van der Waals surface area contributed by atoms with E-state index < -0.39 is 17.9 Å². The standard InChI is InChI=1S/C14H16N2O4/c1-9-4-2-3-5-10(9)15-13(18)8-20-14(19)11-6-7-12(17)16-11/h2-5,11H,6-8H2,1H3,(H,15,18)(H,16,17)/t11-/m1/s1. The van der Waals surface area contributed by atoms with Gasteiger partial charge in [-0.2, -0.15) is 0 Å². The van der Waals surface area contributed by atoms with Crippen molar-refractivity contribution >= 4 is 23.5 Å². The molecule has 2 N–H and O–H groups in total. The van der Waals surface area contributed by atoms with Gasteiger partial charge in [0.15, 0.2) is 6.61 Å². The second-order valence-corrected chi connectivity index (χ2v) is 4.63. The fourth-order valence-electron chi connectivity index (χ4n) is 1.93. The van der Waals surface area contributed by atoms with E-state index in [1.165, 1.54) is 0 Å². The van der Waals surface area contributed by atoms with Gasteiger partial charge in [0.1, 0.15) is 6.04 Å². The third kappa shape index (κ3) is 3.57. The molecule has 0 aromatic heterocycles. The van der Waals surface area contributed by atoms with Crippen LogP contribution in [-0.4, -0.2) is 30.4 Å². The molecule has 2 rings (SSSR count). The minimum atomic E-state index is -0.631. The molecule has 1 aliphatic rings. The molecule has 1 aromatic carbocycles. The highest BCUT2D eigenvalue weighted by atomic mass is 16.5. The number of ether oxygens (including phenoxy) is 1. The van der Waals surface area contributed by atoms with Gasteiger partial charge in [-0.15, -0.1) is 0 Å². The van der Waals surface area contributed by atoms with Crippen molar-refractivity contribution in [2.75, 3.05) is 11.9 Å². The van der Waals surface area contributed by atoms with Crippen LogP contribution in [0.4, 0.5) is 5.69 Å². The highest BCUT2D eigenvalue weighted by molar-refractivity contribution is 5.94. The number of para-hydroxylation sites is 1. The largest absolute Gasteiger partial charge is 0.454 e. The first-order valence-electron chi connectivity index (χ1n) is 6.38. The summed E-state index contributed by atoms with van der Waals surface area (Å²) in [5, 5.41) is 5.15. The van der Waals surface area contributed by atoms with Crippen LogP contribution in [0.5, 0.6) is 0 Å². The number of esters is 1. The van der Waals surface area contributed by atoms with E-state index >= 15 is 0 Å². The van der Waals surface area contributed by atoms with Crippen molar-refractivity contribution in [1.29, 1.82) is 0 Å². The molecule has 0 unspecified atom stereocenters. The molecule has 0 radical (unpaired) electrons. The van der Waals surface area contributed by atoms with Crippen molar-refractivity contribution in [1.82, 2.24) is 5.32 Å². The van der Waals surface area contributed by atoms with E-state index in [9.17, 15) is 14.4 Å². The Morgan fingerprint density at radius 1 is 1.40 bits per heavy atom. The highest BCUT2D eigenvalue weighted by Crippen LogP contribution is 2.13. The Hall–Kier alpha value is -2.37. The Labute approximate surface area is 116 Å². The second kappa shape index (κ2) is 6.18. The summed E-state index contributed by atoms with van der Waals surface area (Å²) < 4.78 is 4.88. The number of carbonyl (C=O) groups is 3. The van der Waals surface area contributed by atoms with Crippen LogP contribution >= 0.6 is 0 Å². The van der Waals surface area contributed by atoms with Crippen molar-refractivity contribution in [3.8, 4) is 0 Å². The van der Waals surface area contributed by atoms with Crippen molar-refractivity contribution in [3.63, 3.8) is 0 Å². The fourth-order valence-corrected chi connectivity index (χ4v) is 1.93. The smallest absolute Gasteiger partial charge is 0.329 e. The number of carbonyl (C=O) groups excluding carboxylic acids is 3. The van der Waals surface area contributed by atoms with Gasteiger partial charge in [-0.1, -0.05) is 18.2 Å². The Morgan fingerprint density at radius 2 is 2.15 bits per heavy atom. The maximum absolute atomic E-state index is 11.7. The Bertz CT molecular complexity index is 542. The zero-order valence-electron chi connectivity index (χ0n) is 11.1. The lowest BCUT2D eigenvalue weighted by atomic mass is 10.2. The summed E-state index contributed by atoms with van der Waals surface area (Å²) in [6, 6.07) is 6.69. The molecular weight excluding hydrogens is 260 g/mol. The predicted molar refractivity (Wildman–Crippen MR) is 71.9 cm³/mol. The average molecular weight is 276 g/mol. The summed E-state index contributed by atoms with van der Waals surface area (Å²) in [5.41, 5.74) is 1.61. The predicted octanol–water partition coefficient (Wildman–Crippen LogP) is 0.755. The van der Waals surface area contributed by atoms with Crippen LogP contribution in [0, 0.1) is 6.92 Å². The van der Waals surface area contributed by atoms with Crippen LogP contribution in [0.25, 0.3) is 0 Å². The Kier molecular flexibility index (Phi) is 4.34. The first-order chi connectivity index (χ1) is 9.56. The monoisotopic (exact) mass is 276 g/mol. The minimum absolute atomic E-state index is 0.170. The summed E-state index contributed by atoms with van der Waals surface area (Å²) in [7, 11) is 0. The molecule has 106 valence electrons. The number of aryl methyl sites for hydroxylation is 1. The molecule has 0 saturated carbocycles. The number of amides is 2.